The summed E-state index contributed by atoms with van der Waals surface area (Å²) in [4.78, 5) is 20.0. The summed E-state index contributed by atoms with van der Waals surface area (Å²) in [6, 6.07) is 10.0. The second-order valence-electron chi connectivity index (χ2n) is 8.77. The maximum Gasteiger partial charge on any atom is 0.431 e. The predicted molar refractivity (Wildman–Crippen MR) is 129 cm³/mol. The zero-order valence-corrected chi connectivity index (χ0v) is 20.3. The van der Waals surface area contributed by atoms with E-state index in [4.69, 9.17) is 4.74 Å². The van der Waals surface area contributed by atoms with Crippen molar-refractivity contribution in [3.8, 4) is 17.1 Å². The molecule has 0 unspecified atom stereocenters. The Balaban J connectivity index is 1.55. The lowest BCUT2D eigenvalue weighted by Gasteiger charge is -2.25. The van der Waals surface area contributed by atoms with Gasteiger partial charge in [0, 0.05) is 24.2 Å². The number of nitrogens with zero attached hydrogens (tertiary/aromatic N) is 4. The average Bonchev–Trinajstić information content (AvgIpc) is 3.17. The van der Waals surface area contributed by atoms with Crippen LogP contribution in [0.15, 0.2) is 53.8 Å². The summed E-state index contributed by atoms with van der Waals surface area (Å²) in [7, 11) is 1.48. The van der Waals surface area contributed by atoms with Gasteiger partial charge in [0.15, 0.2) is 5.82 Å². The van der Waals surface area contributed by atoms with E-state index < -0.39 is 42.1 Å². The normalized spacial score (nSPS) is 17.6. The summed E-state index contributed by atoms with van der Waals surface area (Å²) in [5.41, 5.74) is 1.84. The first kappa shape index (κ1) is 26.1. The highest BCUT2D eigenvalue weighted by molar-refractivity contribution is 5.95. The zero-order chi connectivity index (χ0) is 26.9. The molecule has 7 nitrogen and oxygen atoms in total. The van der Waals surface area contributed by atoms with E-state index in [-0.39, 0.29) is 11.4 Å². The van der Waals surface area contributed by atoms with E-state index in [0.717, 1.165) is 16.1 Å². The maximum atomic E-state index is 14.3. The second-order valence-corrected chi connectivity index (χ2v) is 8.77. The number of carboxylic acid groups (broad SMARTS) is 1. The fourth-order valence-corrected chi connectivity index (χ4v) is 4.27. The molecule has 0 bridgehead atoms. The molecule has 0 aliphatic carbocycles. The first-order valence-corrected chi connectivity index (χ1v) is 11.4. The van der Waals surface area contributed by atoms with Gasteiger partial charge < -0.3 is 9.84 Å². The van der Waals surface area contributed by atoms with Gasteiger partial charge in [-0.15, -0.1) is 0 Å². The van der Waals surface area contributed by atoms with Crippen molar-refractivity contribution in [2.24, 2.45) is 11.0 Å². The van der Waals surface area contributed by atoms with Crippen LogP contribution in [0.2, 0.25) is 0 Å². The van der Waals surface area contributed by atoms with Crippen molar-refractivity contribution in [3.63, 3.8) is 0 Å². The number of halogens is 4. The van der Waals surface area contributed by atoms with Crippen LogP contribution in [0.25, 0.3) is 11.4 Å². The van der Waals surface area contributed by atoms with Crippen LogP contribution < -0.4 is 9.75 Å². The molecule has 2 heterocycles. The quantitative estimate of drug-likeness (QED) is 0.423. The lowest BCUT2D eigenvalue weighted by molar-refractivity contribution is -0.137. The largest absolute Gasteiger partial charge is 0.497 e. The second kappa shape index (κ2) is 10.2. The minimum atomic E-state index is -4.65. The van der Waals surface area contributed by atoms with Crippen molar-refractivity contribution in [1.29, 1.82) is 0 Å². The molecule has 0 amide bonds. The first-order valence-electron chi connectivity index (χ1n) is 11.4. The molecule has 1 aliphatic heterocycles. The monoisotopic (exact) mass is 516 g/mol. The molecule has 2 atom stereocenters. The van der Waals surface area contributed by atoms with Gasteiger partial charge in [0.1, 0.15) is 17.3 Å². The number of methoxy groups -OCH3 is 1. The summed E-state index contributed by atoms with van der Waals surface area (Å²) in [5.74, 6) is -2.07. The summed E-state index contributed by atoms with van der Waals surface area (Å²) in [6.45, 7) is 3.11. The average molecular weight is 516 g/mol. The van der Waals surface area contributed by atoms with E-state index in [1.807, 2.05) is 0 Å². The number of rotatable bonds is 7. The number of anilines is 1. The Morgan fingerprint density at radius 1 is 1.16 bits per heavy atom. The highest BCUT2D eigenvalue weighted by atomic mass is 19.4. The van der Waals surface area contributed by atoms with Crippen molar-refractivity contribution >= 4 is 17.4 Å². The lowest BCUT2D eigenvalue weighted by atomic mass is 9.94. The van der Waals surface area contributed by atoms with Gasteiger partial charge in [-0.25, -0.2) is 14.4 Å². The van der Waals surface area contributed by atoms with E-state index in [2.05, 4.69) is 15.1 Å². The number of hydrogen-bond acceptors (Lipinski definition) is 6. The van der Waals surface area contributed by atoms with Gasteiger partial charge in [-0.1, -0.05) is 19.1 Å². The molecule has 3 aromatic rings. The maximum absolute atomic E-state index is 14.3. The highest BCUT2D eigenvalue weighted by Crippen LogP contribution is 2.36. The Morgan fingerprint density at radius 3 is 2.46 bits per heavy atom. The van der Waals surface area contributed by atoms with Crippen LogP contribution in [-0.4, -0.2) is 46.1 Å². The van der Waals surface area contributed by atoms with Gasteiger partial charge in [0.05, 0.1) is 30.8 Å². The van der Waals surface area contributed by atoms with Gasteiger partial charge >= 0.3 is 12.1 Å². The van der Waals surface area contributed by atoms with Gasteiger partial charge in [0.25, 0.3) is 0 Å². The third kappa shape index (κ3) is 5.55. The standard InChI is InChI=1S/C26H24F4N4O3/c1-14-22(12-23(35)36)34(33-24(14)26(28,29)30)18-6-4-16(5-7-18)10-17-13-31-25(32-15(17)2)20-11-19(37-3)8-9-21(20)27/h4-9,11,13-14,22H,10,12H2,1-3H3,(H,35,36)/t14-,22-/m0/s1. The number of hydrazone groups is 1. The Morgan fingerprint density at radius 2 is 1.86 bits per heavy atom. The van der Waals surface area contributed by atoms with Crippen LogP contribution in [0.4, 0.5) is 23.2 Å². The minimum absolute atomic E-state index is 0.216. The van der Waals surface area contributed by atoms with Crippen molar-refractivity contribution < 1.29 is 32.2 Å². The van der Waals surface area contributed by atoms with E-state index in [1.54, 1.807) is 37.4 Å². The van der Waals surface area contributed by atoms with Crippen molar-refractivity contribution in [2.75, 3.05) is 12.1 Å². The van der Waals surface area contributed by atoms with Gasteiger partial charge in [0.2, 0.25) is 0 Å². The molecular formula is C26H24F4N4O3. The number of carbonyl (C=O) groups is 1. The Bertz CT molecular complexity index is 1340. The van der Waals surface area contributed by atoms with E-state index in [1.165, 1.54) is 32.2 Å². The van der Waals surface area contributed by atoms with Gasteiger partial charge in [-0.05, 0) is 48.4 Å². The van der Waals surface area contributed by atoms with Gasteiger partial charge in [-0.2, -0.15) is 18.3 Å². The van der Waals surface area contributed by atoms with Crippen LogP contribution in [0.3, 0.4) is 0 Å². The topological polar surface area (TPSA) is 87.9 Å². The number of aliphatic carboxylic acids is 1. The SMILES string of the molecule is COc1ccc(F)c(-c2ncc(Cc3ccc(N4N=C(C(F)(F)F)[C@@H](C)[C@@H]4CC(=O)O)cc3)c(C)n2)c1. The lowest BCUT2D eigenvalue weighted by Crippen LogP contribution is -2.36. The molecule has 0 radical (unpaired) electrons. The predicted octanol–water partition coefficient (Wildman–Crippen LogP) is 5.41. The van der Waals surface area contributed by atoms with Crippen LogP contribution >= 0.6 is 0 Å². The van der Waals surface area contributed by atoms with Crippen molar-refractivity contribution in [2.45, 2.75) is 38.9 Å². The fraction of sp³-hybridized carbons (Fsp3) is 0.308. The van der Waals surface area contributed by atoms with Crippen LogP contribution in [0, 0.1) is 18.7 Å². The molecule has 4 rings (SSSR count). The summed E-state index contributed by atoms with van der Waals surface area (Å²) >= 11 is 0. The fourth-order valence-electron chi connectivity index (χ4n) is 4.27. The molecule has 0 saturated heterocycles. The summed E-state index contributed by atoms with van der Waals surface area (Å²) < 4.78 is 59.7. The number of hydrogen-bond donors (Lipinski definition) is 1. The number of ether oxygens (including phenoxy) is 1. The summed E-state index contributed by atoms with van der Waals surface area (Å²) in [5, 5.41) is 14.1. The first-order chi connectivity index (χ1) is 17.5. The van der Waals surface area contributed by atoms with Crippen LogP contribution in [0.1, 0.15) is 30.2 Å². The smallest absolute Gasteiger partial charge is 0.431 e. The number of benzene rings is 2. The van der Waals surface area contributed by atoms with Crippen LogP contribution in [-0.2, 0) is 11.2 Å². The van der Waals surface area contributed by atoms with E-state index >= 15 is 0 Å². The zero-order valence-electron chi connectivity index (χ0n) is 20.3. The number of alkyl halides is 3. The molecule has 0 saturated carbocycles. The van der Waals surface area contributed by atoms with E-state index in [0.29, 0.717) is 23.6 Å². The molecule has 194 valence electrons. The third-order valence-corrected chi connectivity index (χ3v) is 6.30. The van der Waals surface area contributed by atoms with Crippen molar-refractivity contribution in [1.82, 2.24) is 9.97 Å². The molecular weight excluding hydrogens is 492 g/mol. The van der Waals surface area contributed by atoms with Gasteiger partial charge in [-0.3, -0.25) is 9.80 Å². The Labute approximate surface area is 210 Å². The molecule has 1 aromatic heterocycles. The molecule has 0 spiro atoms. The molecule has 11 heteroatoms. The summed E-state index contributed by atoms with van der Waals surface area (Å²) in [6.07, 6.45) is -3.10. The van der Waals surface area contributed by atoms with Crippen molar-refractivity contribution in [3.05, 3.63) is 71.3 Å². The molecule has 1 N–H and O–H groups in total. The highest BCUT2D eigenvalue weighted by Gasteiger charge is 2.48. The number of aryl methyl sites for hydroxylation is 1. The molecule has 1 aliphatic rings. The Kier molecular flexibility index (Phi) is 7.15. The Hall–Kier alpha value is -4.02. The number of aromatic nitrogens is 2. The van der Waals surface area contributed by atoms with E-state index in [9.17, 15) is 27.5 Å². The third-order valence-electron chi connectivity index (χ3n) is 6.30. The number of carboxylic acids is 1. The molecule has 0 fully saturated rings. The molecule has 2 aromatic carbocycles. The molecule has 37 heavy (non-hydrogen) atoms. The van der Waals surface area contributed by atoms with Crippen LogP contribution in [0.5, 0.6) is 5.75 Å². The minimum Gasteiger partial charge on any atom is -0.497 e.